The molecule has 3 rings (SSSR count). The van der Waals surface area contributed by atoms with Gasteiger partial charge in [0.2, 0.25) is 5.69 Å². The van der Waals surface area contributed by atoms with Gasteiger partial charge >= 0.3 is 11.7 Å². The number of aldehydes is 1. The van der Waals surface area contributed by atoms with Gasteiger partial charge in [0.05, 0.1) is 22.8 Å². The molecule has 2 aromatic carbocycles. The van der Waals surface area contributed by atoms with Gasteiger partial charge in [0.25, 0.3) is 5.56 Å². The van der Waals surface area contributed by atoms with Gasteiger partial charge in [0.1, 0.15) is 12.0 Å². The number of aromatic amines is 1. The second-order valence-electron chi connectivity index (χ2n) is 6.68. The van der Waals surface area contributed by atoms with Gasteiger partial charge in [-0.15, -0.1) is 0 Å². The number of hydrogen-bond donors (Lipinski definition) is 2. The molecule has 0 aliphatic carbocycles. The summed E-state index contributed by atoms with van der Waals surface area (Å²) in [5, 5.41) is 6.84. The molecule has 0 unspecified atom stereocenters. The van der Waals surface area contributed by atoms with E-state index >= 15 is 0 Å². The maximum absolute atomic E-state index is 12.2. The number of carbonyl (C=O) groups excluding carboxylic acids is 2. The van der Waals surface area contributed by atoms with E-state index in [1.807, 2.05) is 4.98 Å². The number of esters is 1. The fourth-order valence-corrected chi connectivity index (χ4v) is 3.48. The second kappa shape index (κ2) is 10.4. The van der Waals surface area contributed by atoms with Crippen LogP contribution in [0.4, 0.5) is 0 Å². The summed E-state index contributed by atoms with van der Waals surface area (Å²) in [6.07, 6.45) is 1.37. The van der Waals surface area contributed by atoms with Crippen LogP contribution >= 0.6 is 23.2 Å². The number of methoxy groups -OCH3 is 1. The Kier molecular flexibility index (Phi) is 7.64. The Morgan fingerprint density at radius 3 is 2.52 bits per heavy atom. The first-order valence-electron chi connectivity index (χ1n) is 9.51. The average Bonchev–Trinajstić information content (AvgIpc) is 2.79. The van der Waals surface area contributed by atoms with Crippen LogP contribution in [0.2, 0.25) is 10.0 Å². The molecule has 172 valence electrons. The lowest BCUT2D eigenvalue weighted by Crippen LogP contribution is -2.36. The molecule has 0 radical (unpaired) electrons. The molecule has 0 saturated heterocycles. The van der Waals surface area contributed by atoms with Crippen LogP contribution in [0.3, 0.4) is 0 Å². The average molecular weight is 493 g/mol. The summed E-state index contributed by atoms with van der Waals surface area (Å²) in [6.45, 7) is 0.662. The van der Waals surface area contributed by atoms with Crippen LogP contribution in [-0.2, 0) is 11.2 Å². The fraction of sp³-hybridized carbons (Fsp3) is 0.190. The van der Waals surface area contributed by atoms with Crippen LogP contribution in [-0.4, -0.2) is 47.7 Å². The van der Waals surface area contributed by atoms with Crippen LogP contribution < -0.4 is 21.3 Å². The lowest BCUT2D eigenvalue weighted by molar-refractivity contribution is 0.0589. The molecule has 12 heteroatoms. The maximum Gasteiger partial charge on any atom is 0.364 e. The predicted molar refractivity (Wildman–Crippen MR) is 121 cm³/mol. The second-order valence-corrected chi connectivity index (χ2v) is 7.50. The zero-order valence-electron chi connectivity index (χ0n) is 17.5. The highest BCUT2D eigenvalue weighted by Crippen LogP contribution is 2.38. The number of nitrogens with zero attached hydrogens (tertiary/aromatic N) is 2. The Morgan fingerprint density at radius 1 is 1.21 bits per heavy atom. The standard InChI is InChI=1S/C21H18Cl2N4O6/c1-24-6-5-11-7-14(4-3-12(11)10-28)33-18-15(22)8-13(9-16(18)23)27-21(31)25-19(29)17(26-27)20(30)32-2/h3-4,7-10,24H,5-6H2,1-2H3,(H,25,29,31). The lowest BCUT2D eigenvalue weighted by atomic mass is 10.1. The van der Waals surface area contributed by atoms with Gasteiger partial charge in [-0.1, -0.05) is 23.2 Å². The first-order valence-corrected chi connectivity index (χ1v) is 10.3. The van der Waals surface area contributed by atoms with E-state index in [9.17, 15) is 19.2 Å². The molecule has 0 saturated carbocycles. The lowest BCUT2D eigenvalue weighted by Gasteiger charge is -2.14. The molecule has 0 fully saturated rings. The minimum absolute atomic E-state index is 0.0354. The van der Waals surface area contributed by atoms with Crippen molar-refractivity contribution >= 4 is 35.5 Å². The van der Waals surface area contributed by atoms with Crippen molar-refractivity contribution in [3.05, 3.63) is 78.0 Å². The van der Waals surface area contributed by atoms with Crippen molar-refractivity contribution < 1.29 is 19.1 Å². The third-order valence-corrected chi connectivity index (χ3v) is 5.10. The van der Waals surface area contributed by atoms with E-state index in [1.54, 1.807) is 25.2 Å². The minimum atomic E-state index is -1.02. The van der Waals surface area contributed by atoms with E-state index < -0.39 is 22.9 Å². The Labute approximate surface area is 197 Å². The maximum atomic E-state index is 12.2. The third-order valence-electron chi connectivity index (χ3n) is 4.54. The van der Waals surface area contributed by atoms with Gasteiger partial charge in [0.15, 0.2) is 5.75 Å². The fourth-order valence-electron chi connectivity index (χ4n) is 2.93. The number of H-pyrrole nitrogens is 1. The molecule has 0 spiro atoms. The molecule has 0 aliphatic heterocycles. The summed E-state index contributed by atoms with van der Waals surface area (Å²) in [4.78, 5) is 49.1. The van der Waals surface area contributed by atoms with E-state index in [1.165, 1.54) is 12.1 Å². The van der Waals surface area contributed by atoms with Crippen molar-refractivity contribution in [1.82, 2.24) is 20.1 Å². The Bertz CT molecular complexity index is 1310. The van der Waals surface area contributed by atoms with E-state index in [4.69, 9.17) is 27.9 Å². The molecule has 3 aromatic rings. The Morgan fingerprint density at radius 2 is 1.91 bits per heavy atom. The van der Waals surface area contributed by atoms with Crippen LogP contribution in [0.5, 0.6) is 11.5 Å². The predicted octanol–water partition coefficient (Wildman–Crippen LogP) is 2.38. The van der Waals surface area contributed by atoms with Crippen molar-refractivity contribution in [1.29, 1.82) is 0 Å². The van der Waals surface area contributed by atoms with Crippen molar-refractivity contribution in [2.45, 2.75) is 6.42 Å². The largest absolute Gasteiger partial charge is 0.464 e. The van der Waals surface area contributed by atoms with Crippen LogP contribution in [0, 0.1) is 0 Å². The van der Waals surface area contributed by atoms with Gasteiger partial charge in [-0.3, -0.25) is 14.6 Å². The summed E-state index contributed by atoms with van der Waals surface area (Å²) in [6, 6.07) is 7.60. The molecule has 2 N–H and O–H groups in total. The van der Waals surface area contributed by atoms with Crippen molar-refractivity contribution in [3.8, 4) is 17.2 Å². The number of carbonyl (C=O) groups is 2. The van der Waals surface area contributed by atoms with Crippen LogP contribution in [0.1, 0.15) is 26.4 Å². The van der Waals surface area contributed by atoms with Gasteiger partial charge in [0, 0.05) is 5.56 Å². The number of nitrogens with one attached hydrogen (secondary N) is 2. The highest BCUT2D eigenvalue weighted by Gasteiger charge is 2.19. The molecule has 1 aromatic heterocycles. The number of ether oxygens (including phenoxy) is 2. The normalized spacial score (nSPS) is 10.7. The third kappa shape index (κ3) is 5.30. The summed E-state index contributed by atoms with van der Waals surface area (Å²) >= 11 is 12.7. The zero-order valence-corrected chi connectivity index (χ0v) is 19.0. The highest BCUT2D eigenvalue weighted by molar-refractivity contribution is 6.37. The minimum Gasteiger partial charge on any atom is -0.464 e. The summed E-state index contributed by atoms with van der Waals surface area (Å²) in [7, 11) is 2.88. The first kappa shape index (κ1) is 24.2. The number of hydrogen-bond acceptors (Lipinski definition) is 8. The van der Waals surface area contributed by atoms with E-state index in [-0.39, 0.29) is 21.5 Å². The number of aromatic nitrogens is 3. The van der Waals surface area contributed by atoms with Crippen molar-refractivity contribution in [3.63, 3.8) is 0 Å². The summed E-state index contributed by atoms with van der Waals surface area (Å²) in [5.74, 6) is -0.517. The topological polar surface area (TPSA) is 132 Å². The van der Waals surface area contributed by atoms with E-state index in [2.05, 4.69) is 15.2 Å². The van der Waals surface area contributed by atoms with E-state index in [0.29, 0.717) is 24.3 Å². The van der Waals surface area contributed by atoms with Crippen LogP contribution in [0.15, 0.2) is 39.9 Å². The molecular weight excluding hydrogens is 475 g/mol. The molecule has 0 aliphatic rings. The molecule has 10 nitrogen and oxygen atoms in total. The van der Waals surface area contributed by atoms with Gasteiger partial charge in [-0.25, -0.2) is 9.59 Å². The Hall–Kier alpha value is -3.47. The molecule has 0 atom stereocenters. The number of rotatable bonds is 8. The number of benzene rings is 2. The smallest absolute Gasteiger partial charge is 0.364 e. The summed E-state index contributed by atoms with van der Waals surface area (Å²) < 4.78 is 11.1. The summed E-state index contributed by atoms with van der Waals surface area (Å²) in [5.41, 5.74) is -1.13. The Balaban J connectivity index is 2.00. The van der Waals surface area contributed by atoms with Gasteiger partial charge in [-0.05, 0) is 55.9 Å². The molecular formula is C21H18Cl2N4O6. The highest BCUT2D eigenvalue weighted by atomic mass is 35.5. The van der Waals surface area contributed by atoms with E-state index in [0.717, 1.165) is 23.6 Å². The SMILES string of the molecule is CNCCc1cc(Oc2c(Cl)cc(-n3nc(C(=O)OC)c(=O)[nH]c3=O)cc2Cl)ccc1C=O. The number of halogens is 2. The van der Waals surface area contributed by atoms with Gasteiger partial charge < -0.3 is 14.8 Å². The molecule has 0 bridgehead atoms. The van der Waals surface area contributed by atoms with Crippen LogP contribution in [0.25, 0.3) is 5.69 Å². The zero-order chi connectivity index (χ0) is 24.1. The van der Waals surface area contributed by atoms with Gasteiger partial charge in [-0.2, -0.15) is 9.78 Å². The monoisotopic (exact) mass is 492 g/mol. The van der Waals surface area contributed by atoms with Crippen molar-refractivity contribution in [2.24, 2.45) is 0 Å². The number of likely N-dealkylation sites (N-methyl/N-ethyl adjacent to an activating group) is 1. The molecule has 33 heavy (non-hydrogen) atoms. The first-order chi connectivity index (χ1) is 15.8. The van der Waals surface area contributed by atoms with Crippen molar-refractivity contribution in [2.75, 3.05) is 20.7 Å². The molecule has 0 amide bonds. The quantitative estimate of drug-likeness (QED) is 0.361. The molecule has 1 heterocycles.